The number of benzene rings is 1. The number of rotatable bonds is 13. The smallest absolute Gasteiger partial charge is 0.330 e. The zero-order valence-corrected chi connectivity index (χ0v) is 34.3. The Kier molecular flexibility index (Phi) is 14.6. The van der Waals surface area contributed by atoms with Crippen LogP contribution in [0.5, 0.6) is 0 Å². The lowest BCUT2D eigenvalue weighted by Gasteiger charge is -2.41. The SMILES string of the molecule is CC(C)C(CN1CCCC1C(=O)N1CCC[C@H]1C(=O)OC(c1ccccc1)N(C)N1CCNCC1)N(C)C(=O)C(NC(=O)C1CCCCN1C)C(C)(C)C. The van der Waals surface area contributed by atoms with Gasteiger partial charge in [-0.3, -0.25) is 24.2 Å². The largest absolute Gasteiger partial charge is 0.439 e. The quantitative estimate of drug-likeness (QED) is 0.230. The van der Waals surface area contributed by atoms with E-state index in [9.17, 15) is 19.2 Å². The Morgan fingerprint density at radius 1 is 0.870 bits per heavy atom. The second-order valence-electron chi connectivity index (χ2n) is 17.4. The van der Waals surface area contributed by atoms with Gasteiger partial charge in [0.25, 0.3) is 0 Å². The number of nitrogens with zero attached hydrogens (tertiary/aromatic N) is 6. The number of nitrogens with one attached hydrogen (secondary N) is 2. The average molecular weight is 753 g/mol. The van der Waals surface area contributed by atoms with Crippen LogP contribution >= 0.6 is 0 Å². The summed E-state index contributed by atoms with van der Waals surface area (Å²) < 4.78 is 6.32. The van der Waals surface area contributed by atoms with E-state index >= 15 is 0 Å². The molecular formula is C41H68N8O5. The van der Waals surface area contributed by atoms with E-state index in [1.54, 1.807) is 9.80 Å². The number of likely N-dealkylation sites (N-methyl/N-ethyl adjacent to an activating group) is 2. The molecule has 4 fully saturated rings. The highest BCUT2D eigenvalue weighted by atomic mass is 16.6. The van der Waals surface area contributed by atoms with Crippen molar-refractivity contribution in [2.75, 3.05) is 73.5 Å². The molecule has 4 heterocycles. The molecule has 1 aromatic rings. The minimum absolute atomic E-state index is 0.0356. The predicted octanol–water partition coefficient (Wildman–Crippen LogP) is 2.93. The molecule has 4 aliphatic heterocycles. The Balaban J connectivity index is 1.27. The first-order valence-corrected chi connectivity index (χ1v) is 20.4. The number of likely N-dealkylation sites (tertiary alicyclic amines) is 3. The fraction of sp³-hybridized carbons (Fsp3) is 0.756. The second kappa shape index (κ2) is 18.7. The van der Waals surface area contributed by atoms with Crippen LogP contribution < -0.4 is 10.6 Å². The molecule has 4 saturated heterocycles. The van der Waals surface area contributed by atoms with Gasteiger partial charge in [0, 0.05) is 65.0 Å². The summed E-state index contributed by atoms with van der Waals surface area (Å²) in [5.41, 5.74) is 0.387. The fourth-order valence-electron chi connectivity index (χ4n) is 8.76. The summed E-state index contributed by atoms with van der Waals surface area (Å²) in [5.74, 6) is -0.508. The number of hydrazine groups is 1. The maximum absolute atomic E-state index is 14.4. The van der Waals surface area contributed by atoms with E-state index in [-0.39, 0.29) is 47.7 Å². The number of piperazine rings is 1. The molecule has 0 aliphatic carbocycles. The van der Waals surface area contributed by atoms with Gasteiger partial charge >= 0.3 is 5.97 Å². The third-order valence-corrected chi connectivity index (χ3v) is 12.2. The highest BCUT2D eigenvalue weighted by Gasteiger charge is 2.45. The number of hydrogen-bond acceptors (Lipinski definition) is 10. The summed E-state index contributed by atoms with van der Waals surface area (Å²) in [7, 11) is 5.78. The fourth-order valence-corrected chi connectivity index (χ4v) is 8.76. The number of piperidine rings is 1. The average Bonchev–Trinajstić information content (AvgIpc) is 3.85. The summed E-state index contributed by atoms with van der Waals surface area (Å²) in [6.45, 7) is 16.2. The van der Waals surface area contributed by atoms with Gasteiger partial charge in [-0.05, 0) is 70.0 Å². The first kappa shape index (κ1) is 42.1. The van der Waals surface area contributed by atoms with Crippen LogP contribution in [0.3, 0.4) is 0 Å². The van der Waals surface area contributed by atoms with E-state index in [2.05, 4.69) is 39.3 Å². The topological polar surface area (TPSA) is 121 Å². The van der Waals surface area contributed by atoms with E-state index in [4.69, 9.17) is 4.74 Å². The number of carbonyl (C=O) groups is 4. The van der Waals surface area contributed by atoms with Gasteiger partial charge in [0.1, 0.15) is 12.1 Å². The Morgan fingerprint density at radius 2 is 1.52 bits per heavy atom. The molecule has 13 nitrogen and oxygen atoms in total. The Hall–Kier alpha value is -3.10. The molecule has 3 amide bonds. The zero-order valence-electron chi connectivity index (χ0n) is 34.3. The molecule has 4 aliphatic rings. The molecule has 0 spiro atoms. The van der Waals surface area contributed by atoms with Crippen molar-refractivity contribution in [3.63, 3.8) is 0 Å². The molecule has 0 radical (unpaired) electrons. The number of esters is 1. The molecule has 13 heteroatoms. The molecule has 5 rings (SSSR count). The standard InChI is InChI=1S/C41H68N8O5/c1-29(2)34(45(7)38(52)35(41(3,4)5)43-36(50)31-18-12-13-23-44(31)6)28-47-24-14-19-32(47)37(51)49-25-15-20-33(49)40(53)54-39(30-16-10-9-11-17-30)46(8)48-26-21-42-22-27-48/h9-11,16-17,29,31-35,39,42H,12-15,18-28H2,1-8H3,(H,43,50)/t31?,32?,33-,34?,35?,39?/m0/s1. The molecule has 0 bridgehead atoms. The van der Waals surface area contributed by atoms with Crippen LogP contribution in [0.2, 0.25) is 0 Å². The lowest BCUT2D eigenvalue weighted by Crippen LogP contribution is -2.61. The Bertz CT molecular complexity index is 1420. The van der Waals surface area contributed by atoms with Crippen molar-refractivity contribution in [1.29, 1.82) is 0 Å². The zero-order chi connectivity index (χ0) is 39.2. The first-order chi connectivity index (χ1) is 25.7. The summed E-state index contributed by atoms with van der Waals surface area (Å²) in [6, 6.07) is 7.68. The third kappa shape index (κ3) is 10.0. The molecular weight excluding hydrogens is 685 g/mol. The Morgan fingerprint density at radius 3 is 2.17 bits per heavy atom. The van der Waals surface area contributed by atoms with Crippen LogP contribution in [0.25, 0.3) is 0 Å². The highest BCUT2D eigenvalue weighted by molar-refractivity contribution is 5.91. The highest BCUT2D eigenvalue weighted by Crippen LogP contribution is 2.31. The maximum atomic E-state index is 14.4. The van der Waals surface area contributed by atoms with Crippen molar-refractivity contribution in [1.82, 2.24) is 40.3 Å². The summed E-state index contributed by atoms with van der Waals surface area (Å²) >= 11 is 0. The molecule has 54 heavy (non-hydrogen) atoms. The van der Waals surface area contributed by atoms with Gasteiger partial charge < -0.3 is 25.2 Å². The monoisotopic (exact) mass is 753 g/mol. The number of carbonyl (C=O) groups excluding carboxylic acids is 4. The third-order valence-electron chi connectivity index (χ3n) is 12.2. The van der Waals surface area contributed by atoms with Gasteiger partial charge in [-0.25, -0.2) is 14.8 Å². The molecule has 6 atom stereocenters. The van der Waals surface area contributed by atoms with Gasteiger partial charge in [0.15, 0.2) is 6.23 Å². The van der Waals surface area contributed by atoms with Gasteiger partial charge in [-0.15, -0.1) is 0 Å². The lowest BCUT2D eigenvalue weighted by atomic mass is 9.84. The minimum Gasteiger partial charge on any atom is -0.439 e. The minimum atomic E-state index is -0.690. The van der Waals surface area contributed by atoms with Crippen LogP contribution in [0.4, 0.5) is 0 Å². The molecule has 2 N–H and O–H groups in total. The molecule has 5 unspecified atom stereocenters. The van der Waals surface area contributed by atoms with Crippen LogP contribution in [0.1, 0.15) is 91.4 Å². The van der Waals surface area contributed by atoms with E-state index in [0.717, 1.165) is 76.9 Å². The maximum Gasteiger partial charge on any atom is 0.330 e. The van der Waals surface area contributed by atoms with Crippen molar-refractivity contribution >= 4 is 23.7 Å². The van der Waals surface area contributed by atoms with Gasteiger partial charge in [0.2, 0.25) is 17.7 Å². The number of ether oxygens (including phenoxy) is 1. The van der Waals surface area contributed by atoms with Crippen LogP contribution in [-0.4, -0.2) is 157 Å². The van der Waals surface area contributed by atoms with Crippen molar-refractivity contribution in [2.45, 2.75) is 116 Å². The van der Waals surface area contributed by atoms with Gasteiger partial charge in [-0.1, -0.05) is 71.4 Å². The van der Waals surface area contributed by atoms with Crippen LogP contribution in [0.15, 0.2) is 30.3 Å². The van der Waals surface area contributed by atoms with Crippen molar-refractivity contribution in [3.05, 3.63) is 35.9 Å². The predicted molar refractivity (Wildman–Crippen MR) is 210 cm³/mol. The van der Waals surface area contributed by atoms with Crippen molar-refractivity contribution < 1.29 is 23.9 Å². The van der Waals surface area contributed by atoms with Crippen LogP contribution in [0, 0.1) is 11.3 Å². The molecule has 0 aromatic heterocycles. The summed E-state index contributed by atoms with van der Waals surface area (Å²) in [4.78, 5) is 64.2. The summed E-state index contributed by atoms with van der Waals surface area (Å²) in [5, 5.41) is 10.8. The molecule has 1 aromatic carbocycles. The number of amides is 3. The van der Waals surface area contributed by atoms with Crippen LogP contribution in [-0.2, 0) is 23.9 Å². The van der Waals surface area contributed by atoms with E-state index < -0.39 is 23.7 Å². The second-order valence-corrected chi connectivity index (χ2v) is 17.4. The molecule has 302 valence electrons. The van der Waals surface area contributed by atoms with E-state index in [0.29, 0.717) is 25.9 Å². The normalized spacial score (nSPS) is 25.1. The van der Waals surface area contributed by atoms with Gasteiger partial charge in [0.05, 0.1) is 12.1 Å². The van der Waals surface area contributed by atoms with E-state index in [1.165, 1.54) is 0 Å². The number of hydrogen-bond donors (Lipinski definition) is 2. The lowest BCUT2D eigenvalue weighted by molar-refractivity contribution is -0.188. The van der Waals surface area contributed by atoms with Crippen molar-refractivity contribution in [3.8, 4) is 0 Å². The van der Waals surface area contributed by atoms with E-state index in [1.807, 2.05) is 77.3 Å². The molecule has 0 saturated carbocycles. The van der Waals surface area contributed by atoms with Crippen molar-refractivity contribution in [2.24, 2.45) is 11.3 Å². The first-order valence-electron chi connectivity index (χ1n) is 20.4. The van der Waals surface area contributed by atoms with Gasteiger partial charge in [-0.2, -0.15) is 0 Å². The Labute approximate surface area is 324 Å². The summed E-state index contributed by atoms with van der Waals surface area (Å²) in [6.07, 6.45) is 5.14.